The van der Waals surface area contributed by atoms with Crippen LogP contribution in [0, 0.1) is 0 Å². The average molecular weight is 410 g/mol. The van der Waals surface area contributed by atoms with E-state index in [2.05, 4.69) is 13.0 Å². The van der Waals surface area contributed by atoms with Crippen molar-refractivity contribution >= 4 is 14.7 Å². The Morgan fingerprint density at radius 3 is 2.07 bits per heavy atom. The summed E-state index contributed by atoms with van der Waals surface area (Å²) in [6, 6.07) is 6.80. The molecule has 2 N–H and O–H groups in total. The molecule has 0 fully saturated rings. The van der Waals surface area contributed by atoms with Gasteiger partial charge in [-0.2, -0.15) is 0 Å². The van der Waals surface area contributed by atoms with E-state index in [1.165, 1.54) is 31.2 Å². The molecule has 0 aliphatic carbocycles. The number of benzene rings is 1. The van der Waals surface area contributed by atoms with Crippen molar-refractivity contribution in [1.82, 2.24) is 0 Å². The molecule has 0 atom stereocenters. The van der Waals surface area contributed by atoms with Crippen LogP contribution in [0.15, 0.2) is 18.2 Å². The lowest BCUT2D eigenvalue weighted by Gasteiger charge is -2.28. The second-order valence-corrected chi connectivity index (χ2v) is 9.73. The normalized spacial score (nSPS) is 11.7. The van der Waals surface area contributed by atoms with Gasteiger partial charge in [0.25, 0.3) is 0 Å². The van der Waals surface area contributed by atoms with Crippen molar-refractivity contribution in [3.8, 4) is 0 Å². The van der Waals surface area contributed by atoms with Crippen molar-refractivity contribution in [1.29, 1.82) is 0 Å². The molecular formula is C22H39NO4Si. The molecule has 0 spiro atoms. The molecule has 28 heavy (non-hydrogen) atoms. The minimum absolute atomic E-state index is 0.365. The van der Waals surface area contributed by atoms with Gasteiger partial charge in [-0.15, -0.1) is 0 Å². The molecule has 0 bridgehead atoms. The van der Waals surface area contributed by atoms with E-state index in [1.54, 1.807) is 0 Å². The van der Waals surface area contributed by atoms with E-state index < -0.39 is 8.80 Å². The van der Waals surface area contributed by atoms with Crippen LogP contribution < -0.4 is 5.73 Å². The fourth-order valence-corrected chi connectivity index (χ4v) is 6.11. The molecule has 0 aromatic heterocycles. The number of hydrogen-bond acceptors (Lipinski definition) is 4. The van der Waals surface area contributed by atoms with Crippen molar-refractivity contribution in [3.63, 3.8) is 0 Å². The van der Waals surface area contributed by atoms with Gasteiger partial charge in [0.2, 0.25) is 5.91 Å². The number of hydrogen-bond donors (Lipinski definition) is 1. The maximum atomic E-state index is 11.9. The van der Waals surface area contributed by atoms with E-state index in [9.17, 15) is 4.79 Å². The number of rotatable bonds is 16. The van der Waals surface area contributed by atoms with E-state index in [0.29, 0.717) is 25.4 Å². The van der Waals surface area contributed by atoms with Gasteiger partial charge in [-0.05, 0) is 63.6 Å². The third-order valence-corrected chi connectivity index (χ3v) is 7.93. The molecule has 0 aliphatic heterocycles. The largest absolute Gasteiger partial charge is 0.500 e. The van der Waals surface area contributed by atoms with Gasteiger partial charge in [0.05, 0.1) is 0 Å². The fraction of sp³-hybridized carbons (Fsp3) is 0.682. The number of nitrogens with two attached hydrogens (primary N) is 1. The van der Waals surface area contributed by atoms with Gasteiger partial charge in [-0.25, -0.2) is 0 Å². The summed E-state index contributed by atoms with van der Waals surface area (Å²) >= 11 is 0. The van der Waals surface area contributed by atoms with E-state index in [1.807, 2.05) is 32.9 Å². The van der Waals surface area contributed by atoms with Crippen LogP contribution in [-0.2, 0) is 26.1 Å². The highest BCUT2D eigenvalue weighted by Crippen LogP contribution is 2.22. The summed E-state index contributed by atoms with van der Waals surface area (Å²) in [4.78, 5) is 11.9. The lowest BCUT2D eigenvalue weighted by Crippen LogP contribution is -2.46. The Morgan fingerprint density at radius 1 is 0.893 bits per heavy atom. The van der Waals surface area contributed by atoms with Crippen molar-refractivity contribution in [2.75, 3.05) is 19.8 Å². The predicted molar refractivity (Wildman–Crippen MR) is 117 cm³/mol. The Balaban J connectivity index is 2.81. The Kier molecular flexibility index (Phi) is 12.3. The molecule has 0 saturated heterocycles. The Bertz CT molecular complexity index is 563. The molecule has 0 aliphatic rings. The average Bonchev–Trinajstić information content (AvgIpc) is 2.66. The van der Waals surface area contributed by atoms with Gasteiger partial charge in [-0.1, -0.05) is 38.3 Å². The maximum Gasteiger partial charge on any atom is 0.500 e. The monoisotopic (exact) mass is 409 g/mol. The van der Waals surface area contributed by atoms with Gasteiger partial charge in [0.15, 0.2) is 0 Å². The van der Waals surface area contributed by atoms with Gasteiger partial charge in [-0.3, -0.25) is 4.79 Å². The number of primary amides is 1. The number of aryl methyl sites for hydroxylation is 2. The smallest absolute Gasteiger partial charge is 0.374 e. The molecule has 5 nitrogen and oxygen atoms in total. The van der Waals surface area contributed by atoms with Crippen molar-refractivity contribution in [2.24, 2.45) is 5.73 Å². The first-order chi connectivity index (χ1) is 13.5. The quantitative estimate of drug-likeness (QED) is 0.312. The molecule has 0 heterocycles. The van der Waals surface area contributed by atoms with Crippen LogP contribution in [0.3, 0.4) is 0 Å². The Labute approximate surface area is 172 Å². The zero-order chi connectivity index (χ0) is 20.8. The van der Waals surface area contributed by atoms with E-state index in [4.69, 9.17) is 19.0 Å². The summed E-state index contributed by atoms with van der Waals surface area (Å²) in [5.74, 6) is -0.365. The first-order valence-corrected chi connectivity index (χ1v) is 12.8. The van der Waals surface area contributed by atoms with Crippen LogP contribution in [0.4, 0.5) is 0 Å². The fourth-order valence-electron chi connectivity index (χ4n) is 3.50. The topological polar surface area (TPSA) is 70.8 Å². The summed E-state index contributed by atoms with van der Waals surface area (Å²) in [5.41, 5.74) is 8.52. The second kappa shape index (κ2) is 13.9. The third kappa shape index (κ3) is 8.43. The summed E-state index contributed by atoms with van der Waals surface area (Å²) in [6.45, 7) is 9.84. The van der Waals surface area contributed by atoms with Crippen LogP contribution in [0.2, 0.25) is 6.04 Å². The van der Waals surface area contributed by atoms with E-state index in [0.717, 1.165) is 30.9 Å². The predicted octanol–water partition coefficient (Wildman–Crippen LogP) is 4.89. The Morgan fingerprint density at radius 2 is 1.54 bits per heavy atom. The van der Waals surface area contributed by atoms with Crippen molar-refractivity contribution < 1.29 is 18.1 Å². The number of amides is 1. The highest BCUT2D eigenvalue weighted by Gasteiger charge is 2.39. The molecule has 160 valence electrons. The molecule has 1 rings (SSSR count). The van der Waals surface area contributed by atoms with Crippen LogP contribution in [0.1, 0.15) is 81.3 Å². The van der Waals surface area contributed by atoms with E-state index >= 15 is 0 Å². The Hall–Kier alpha value is -1.21. The van der Waals surface area contributed by atoms with Gasteiger partial charge >= 0.3 is 8.80 Å². The number of unbranched alkanes of at least 4 members (excludes halogenated alkanes) is 3. The van der Waals surface area contributed by atoms with Crippen LogP contribution in [-0.4, -0.2) is 34.5 Å². The van der Waals surface area contributed by atoms with Crippen molar-refractivity contribution in [3.05, 3.63) is 34.9 Å². The maximum absolute atomic E-state index is 11.9. The molecular weight excluding hydrogens is 370 g/mol. The number of carbonyl (C=O) groups is 1. The summed E-state index contributed by atoms with van der Waals surface area (Å²) in [6.07, 6.45) is 7.57. The summed E-state index contributed by atoms with van der Waals surface area (Å²) in [5, 5.41) is 0. The zero-order valence-corrected chi connectivity index (χ0v) is 19.2. The van der Waals surface area contributed by atoms with E-state index in [-0.39, 0.29) is 5.91 Å². The highest BCUT2D eigenvalue weighted by atomic mass is 28.4. The van der Waals surface area contributed by atoms with Crippen LogP contribution >= 0.6 is 0 Å². The molecule has 0 radical (unpaired) electrons. The lowest BCUT2D eigenvalue weighted by molar-refractivity contribution is 0.0708. The SMILES string of the molecule is CCCCCCc1ccc(C(N)=O)c(CCC[Si](OCC)(OCC)OCC)c1. The highest BCUT2D eigenvalue weighted by molar-refractivity contribution is 6.60. The first-order valence-electron chi connectivity index (χ1n) is 10.8. The lowest BCUT2D eigenvalue weighted by atomic mass is 9.97. The minimum Gasteiger partial charge on any atom is -0.374 e. The molecule has 1 aromatic carbocycles. The number of carbonyl (C=O) groups excluding carboxylic acids is 1. The first kappa shape index (κ1) is 24.8. The molecule has 6 heteroatoms. The molecule has 1 aromatic rings. The molecule has 1 amide bonds. The molecule has 0 unspecified atom stereocenters. The van der Waals surface area contributed by atoms with Crippen LogP contribution in [0.5, 0.6) is 0 Å². The van der Waals surface area contributed by atoms with Crippen LogP contribution in [0.25, 0.3) is 0 Å². The minimum atomic E-state index is -2.65. The second-order valence-electron chi connectivity index (χ2n) is 7.00. The van der Waals surface area contributed by atoms with Crippen molar-refractivity contribution in [2.45, 2.75) is 78.7 Å². The molecule has 0 saturated carbocycles. The summed E-state index contributed by atoms with van der Waals surface area (Å²) in [7, 11) is -2.65. The van der Waals surface area contributed by atoms with Gasteiger partial charge in [0.1, 0.15) is 0 Å². The standard InChI is InChI=1S/C22H39NO4Si/c1-5-9-10-11-13-19-15-16-21(22(23)24)20(18-19)14-12-17-28(25-6-2,26-7-3)27-8-4/h15-16,18H,5-14,17H2,1-4H3,(H2,23,24). The summed E-state index contributed by atoms with van der Waals surface area (Å²) < 4.78 is 17.8. The third-order valence-electron chi connectivity index (χ3n) is 4.78. The zero-order valence-electron chi connectivity index (χ0n) is 18.2. The van der Waals surface area contributed by atoms with Gasteiger partial charge < -0.3 is 19.0 Å². The van der Waals surface area contributed by atoms with Gasteiger partial charge in [0, 0.05) is 31.4 Å².